The standard InChI is InChI=1S/C20H15N/c1-2-7-15(8-3-1)18-13-12-16-9-4-5-10-17(16)20(18)19-11-6-14-21-19/h1-14,21H. The summed E-state index contributed by atoms with van der Waals surface area (Å²) in [6, 6.07) is 27.7. The molecule has 0 unspecified atom stereocenters. The number of rotatable bonds is 2. The summed E-state index contributed by atoms with van der Waals surface area (Å²) < 4.78 is 0. The van der Waals surface area contributed by atoms with E-state index in [1.54, 1.807) is 0 Å². The largest absolute Gasteiger partial charge is 0.361 e. The molecule has 100 valence electrons. The van der Waals surface area contributed by atoms with Gasteiger partial charge >= 0.3 is 0 Å². The van der Waals surface area contributed by atoms with Crippen molar-refractivity contribution in [3.8, 4) is 22.4 Å². The van der Waals surface area contributed by atoms with E-state index >= 15 is 0 Å². The van der Waals surface area contributed by atoms with Crippen LogP contribution in [0.4, 0.5) is 0 Å². The monoisotopic (exact) mass is 269 g/mol. The molecule has 4 rings (SSSR count). The molecule has 1 N–H and O–H groups in total. The van der Waals surface area contributed by atoms with Crippen LogP contribution >= 0.6 is 0 Å². The van der Waals surface area contributed by atoms with E-state index in [0.717, 1.165) is 5.69 Å². The van der Waals surface area contributed by atoms with Crippen molar-refractivity contribution in [2.45, 2.75) is 0 Å². The number of hydrogen-bond donors (Lipinski definition) is 1. The molecule has 0 amide bonds. The maximum Gasteiger partial charge on any atom is 0.0466 e. The van der Waals surface area contributed by atoms with Gasteiger partial charge in [0.2, 0.25) is 0 Å². The van der Waals surface area contributed by atoms with Gasteiger partial charge in [-0.05, 0) is 34.0 Å². The van der Waals surface area contributed by atoms with Crippen molar-refractivity contribution < 1.29 is 0 Å². The van der Waals surface area contributed by atoms with E-state index in [4.69, 9.17) is 0 Å². The lowest BCUT2D eigenvalue weighted by molar-refractivity contribution is 1.41. The quantitative estimate of drug-likeness (QED) is 0.494. The third-order valence-corrected chi connectivity index (χ3v) is 3.88. The molecule has 0 aliphatic carbocycles. The number of aromatic nitrogens is 1. The highest BCUT2D eigenvalue weighted by Gasteiger charge is 2.11. The van der Waals surface area contributed by atoms with Crippen LogP contribution in [0.5, 0.6) is 0 Å². The predicted octanol–water partition coefficient (Wildman–Crippen LogP) is 5.50. The van der Waals surface area contributed by atoms with E-state index < -0.39 is 0 Å². The van der Waals surface area contributed by atoms with E-state index in [2.05, 4.69) is 77.8 Å². The molecular weight excluding hydrogens is 254 g/mol. The van der Waals surface area contributed by atoms with Gasteiger partial charge in [-0.25, -0.2) is 0 Å². The van der Waals surface area contributed by atoms with Crippen LogP contribution in [0, 0.1) is 0 Å². The van der Waals surface area contributed by atoms with Gasteiger partial charge in [-0.2, -0.15) is 0 Å². The zero-order valence-electron chi connectivity index (χ0n) is 11.6. The van der Waals surface area contributed by atoms with E-state index in [1.165, 1.54) is 27.5 Å². The molecule has 0 fully saturated rings. The summed E-state index contributed by atoms with van der Waals surface area (Å²) in [5.41, 5.74) is 4.93. The number of nitrogens with one attached hydrogen (secondary N) is 1. The van der Waals surface area contributed by atoms with Crippen molar-refractivity contribution in [1.82, 2.24) is 4.98 Å². The maximum absolute atomic E-state index is 3.36. The molecule has 1 aromatic heterocycles. The van der Waals surface area contributed by atoms with Crippen LogP contribution in [0.3, 0.4) is 0 Å². The number of benzene rings is 3. The summed E-state index contributed by atoms with van der Waals surface area (Å²) in [5.74, 6) is 0. The summed E-state index contributed by atoms with van der Waals surface area (Å²) >= 11 is 0. The van der Waals surface area contributed by atoms with Gasteiger partial charge in [0, 0.05) is 17.5 Å². The molecule has 0 aliphatic heterocycles. The lowest BCUT2D eigenvalue weighted by atomic mass is 9.92. The Kier molecular flexibility index (Phi) is 2.82. The fourth-order valence-electron chi connectivity index (χ4n) is 2.91. The Morgan fingerprint density at radius 1 is 0.619 bits per heavy atom. The van der Waals surface area contributed by atoms with E-state index in [0.29, 0.717) is 0 Å². The third-order valence-electron chi connectivity index (χ3n) is 3.88. The van der Waals surface area contributed by atoms with Crippen molar-refractivity contribution in [3.05, 3.63) is 85.1 Å². The third kappa shape index (κ3) is 2.03. The van der Waals surface area contributed by atoms with Crippen LogP contribution in [0.25, 0.3) is 33.2 Å². The Bertz CT molecular complexity index is 874. The summed E-state index contributed by atoms with van der Waals surface area (Å²) in [5, 5.41) is 2.54. The molecule has 0 saturated heterocycles. The summed E-state index contributed by atoms with van der Waals surface area (Å²) in [7, 11) is 0. The highest BCUT2D eigenvalue weighted by molar-refractivity contribution is 6.03. The molecule has 0 bridgehead atoms. The summed E-state index contributed by atoms with van der Waals surface area (Å²) in [6.07, 6.45) is 1.98. The SMILES string of the molecule is c1ccc(-c2ccc3ccccc3c2-c2ccc[nH]2)cc1. The molecule has 0 saturated carbocycles. The van der Waals surface area contributed by atoms with Crippen LogP contribution in [0.2, 0.25) is 0 Å². The van der Waals surface area contributed by atoms with Gasteiger partial charge < -0.3 is 4.98 Å². The molecule has 21 heavy (non-hydrogen) atoms. The average molecular weight is 269 g/mol. The zero-order chi connectivity index (χ0) is 14.1. The fraction of sp³-hybridized carbons (Fsp3) is 0. The van der Waals surface area contributed by atoms with E-state index in [1.807, 2.05) is 12.3 Å². The van der Waals surface area contributed by atoms with Crippen LogP contribution in [-0.2, 0) is 0 Å². The molecular formula is C20H15N. The first-order valence-corrected chi connectivity index (χ1v) is 7.14. The van der Waals surface area contributed by atoms with E-state index in [9.17, 15) is 0 Å². The molecule has 0 aliphatic rings. The number of aromatic amines is 1. The highest BCUT2D eigenvalue weighted by atomic mass is 14.7. The Balaban J connectivity index is 2.10. The minimum Gasteiger partial charge on any atom is -0.361 e. The first-order chi connectivity index (χ1) is 10.4. The first kappa shape index (κ1) is 12.0. The van der Waals surface area contributed by atoms with Crippen molar-refractivity contribution in [2.24, 2.45) is 0 Å². The smallest absolute Gasteiger partial charge is 0.0466 e. The lowest BCUT2D eigenvalue weighted by Crippen LogP contribution is -1.87. The second-order valence-electron chi connectivity index (χ2n) is 5.16. The molecule has 0 radical (unpaired) electrons. The second kappa shape index (κ2) is 4.95. The predicted molar refractivity (Wildman–Crippen MR) is 89.2 cm³/mol. The Hall–Kier alpha value is -2.80. The summed E-state index contributed by atoms with van der Waals surface area (Å²) in [6.45, 7) is 0. The number of hydrogen-bond acceptors (Lipinski definition) is 0. The molecule has 1 heteroatoms. The minimum atomic E-state index is 1.16. The second-order valence-corrected chi connectivity index (χ2v) is 5.16. The lowest BCUT2D eigenvalue weighted by Gasteiger charge is -2.12. The van der Waals surface area contributed by atoms with Crippen LogP contribution < -0.4 is 0 Å². The first-order valence-electron chi connectivity index (χ1n) is 7.14. The number of fused-ring (bicyclic) bond motifs is 1. The van der Waals surface area contributed by atoms with Gasteiger partial charge in [-0.15, -0.1) is 0 Å². The van der Waals surface area contributed by atoms with Gasteiger partial charge in [0.15, 0.2) is 0 Å². The van der Waals surface area contributed by atoms with Gasteiger partial charge in [-0.3, -0.25) is 0 Å². The Labute approximate surface area is 123 Å². The van der Waals surface area contributed by atoms with Crippen LogP contribution in [0.1, 0.15) is 0 Å². The normalized spacial score (nSPS) is 10.9. The van der Waals surface area contributed by atoms with Crippen LogP contribution in [-0.4, -0.2) is 4.98 Å². The molecule has 3 aromatic carbocycles. The Morgan fingerprint density at radius 3 is 2.24 bits per heavy atom. The minimum absolute atomic E-state index is 1.16. The molecule has 1 heterocycles. The van der Waals surface area contributed by atoms with Gasteiger partial charge in [0.25, 0.3) is 0 Å². The molecule has 0 atom stereocenters. The molecule has 0 spiro atoms. The average Bonchev–Trinajstić information content (AvgIpc) is 3.08. The highest BCUT2D eigenvalue weighted by Crippen LogP contribution is 2.37. The maximum atomic E-state index is 3.36. The van der Waals surface area contributed by atoms with Gasteiger partial charge in [0.1, 0.15) is 0 Å². The van der Waals surface area contributed by atoms with Crippen molar-refractivity contribution in [1.29, 1.82) is 0 Å². The van der Waals surface area contributed by atoms with Gasteiger partial charge in [-0.1, -0.05) is 66.7 Å². The number of H-pyrrole nitrogens is 1. The molecule has 4 aromatic rings. The molecule has 1 nitrogen and oxygen atoms in total. The van der Waals surface area contributed by atoms with Crippen molar-refractivity contribution >= 4 is 10.8 Å². The fourth-order valence-corrected chi connectivity index (χ4v) is 2.91. The van der Waals surface area contributed by atoms with E-state index in [-0.39, 0.29) is 0 Å². The topological polar surface area (TPSA) is 15.8 Å². The van der Waals surface area contributed by atoms with Crippen LogP contribution in [0.15, 0.2) is 85.1 Å². The van der Waals surface area contributed by atoms with Gasteiger partial charge in [0.05, 0.1) is 0 Å². The van der Waals surface area contributed by atoms with Crippen molar-refractivity contribution in [2.75, 3.05) is 0 Å². The summed E-state index contributed by atoms with van der Waals surface area (Å²) in [4.78, 5) is 3.36. The van der Waals surface area contributed by atoms with Crippen molar-refractivity contribution in [3.63, 3.8) is 0 Å². The zero-order valence-corrected chi connectivity index (χ0v) is 11.6. The Morgan fingerprint density at radius 2 is 1.43 bits per heavy atom.